The van der Waals surface area contributed by atoms with E-state index in [2.05, 4.69) is 24.5 Å². The Hall–Kier alpha value is -4.69. The lowest BCUT2D eigenvalue weighted by atomic mass is 9.76. The third-order valence-electron chi connectivity index (χ3n) is 7.79. The van der Waals surface area contributed by atoms with Gasteiger partial charge >= 0.3 is 0 Å². The first-order valence-electron chi connectivity index (χ1n) is 12.2. The highest BCUT2D eigenvalue weighted by atomic mass is 16.3. The monoisotopic (exact) mass is 483 g/mol. The summed E-state index contributed by atoms with van der Waals surface area (Å²) in [7, 11) is 3.90. The van der Waals surface area contributed by atoms with Gasteiger partial charge in [-0.15, -0.1) is 0 Å². The van der Waals surface area contributed by atoms with E-state index in [-0.39, 0.29) is 22.7 Å². The van der Waals surface area contributed by atoms with Crippen molar-refractivity contribution in [2.45, 2.75) is 19.3 Å². The van der Waals surface area contributed by atoms with Gasteiger partial charge in [0.05, 0.1) is 22.7 Å². The molecule has 5 heteroatoms. The van der Waals surface area contributed by atoms with Crippen molar-refractivity contribution in [1.82, 2.24) is 4.57 Å². The van der Waals surface area contributed by atoms with Gasteiger partial charge in [-0.2, -0.15) is 9.84 Å². The van der Waals surface area contributed by atoms with E-state index in [1.54, 1.807) is 12.1 Å². The first-order chi connectivity index (χ1) is 17.8. The molecular weight excluding hydrogens is 458 g/mol. The molecule has 0 N–H and O–H groups in total. The zero-order chi connectivity index (χ0) is 26.1. The first-order valence-corrected chi connectivity index (χ1v) is 12.2. The van der Waals surface area contributed by atoms with Gasteiger partial charge in [-0.1, -0.05) is 54.3 Å². The van der Waals surface area contributed by atoms with Crippen LogP contribution < -0.4 is 5.11 Å². The van der Waals surface area contributed by atoms with Gasteiger partial charge in [0.25, 0.3) is 0 Å². The van der Waals surface area contributed by atoms with Crippen LogP contribution in [0.5, 0.6) is 0 Å². The number of nitrogens with zero attached hydrogens (tertiary/aromatic N) is 3. The number of rotatable bonds is 3. The number of hydrogen-bond donors (Lipinski definition) is 0. The smallest absolute Gasteiger partial charge is 0.209 e. The molecule has 0 saturated carbocycles. The second-order valence-corrected chi connectivity index (χ2v) is 10.2. The van der Waals surface area contributed by atoms with Crippen molar-refractivity contribution in [2.24, 2.45) is 7.05 Å². The average Bonchev–Trinajstić information content (AvgIpc) is 3.30. The lowest BCUT2D eigenvalue weighted by molar-refractivity contribution is -0.401. The van der Waals surface area contributed by atoms with Gasteiger partial charge in [-0.3, -0.25) is 4.79 Å². The van der Waals surface area contributed by atoms with Crippen molar-refractivity contribution in [2.75, 3.05) is 7.05 Å². The minimum absolute atomic E-state index is 0.199. The van der Waals surface area contributed by atoms with E-state index < -0.39 is 5.41 Å². The van der Waals surface area contributed by atoms with Crippen molar-refractivity contribution >= 4 is 33.7 Å². The van der Waals surface area contributed by atoms with Crippen molar-refractivity contribution in [1.29, 1.82) is 5.26 Å². The van der Waals surface area contributed by atoms with Crippen LogP contribution in [-0.4, -0.2) is 27.7 Å². The van der Waals surface area contributed by atoms with Gasteiger partial charge < -0.3 is 9.67 Å². The summed E-state index contributed by atoms with van der Waals surface area (Å²) >= 11 is 0. The Bertz CT molecular complexity index is 1790. The fraction of sp³-hybridized carbons (Fsp3) is 0.156. The summed E-state index contributed by atoms with van der Waals surface area (Å²) in [5, 5.41) is 23.9. The van der Waals surface area contributed by atoms with Crippen molar-refractivity contribution < 1.29 is 14.5 Å². The Kier molecular flexibility index (Phi) is 4.86. The van der Waals surface area contributed by atoms with Crippen LogP contribution in [-0.2, 0) is 17.3 Å². The molecule has 3 aromatic carbocycles. The Morgan fingerprint density at radius 2 is 1.73 bits per heavy atom. The predicted octanol–water partition coefficient (Wildman–Crippen LogP) is 5.00. The molecule has 4 aromatic rings. The number of allylic oxidation sites excluding steroid dienone is 3. The Balaban J connectivity index is 1.53. The van der Waals surface area contributed by atoms with E-state index in [0.29, 0.717) is 11.1 Å². The number of carbonyl (C=O) groups excluding carboxylic acids is 1. The van der Waals surface area contributed by atoms with Crippen LogP contribution in [0.4, 0.5) is 5.69 Å². The standard InChI is InChI=1S/C32H25N3O2/c1-32(2)23-16-19(18-33)14-15-25(23)34(3)26(32)17-22-30(36)28(31(22)37)27-21-12-8-9-13-24(21)35(4)29(27)20-10-6-5-7-11-20/h5-17H,1-4H3. The molecule has 37 heavy (non-hydrogen) atoms. The van der Waals surface area contributed by atoms with Crippen molar-refractivity contribution in [3.63, 3.8) is 0 Å². The van der Waals surface area contributed by atoms with Crippen LogP contribution in [0.15, 0.2) is 90.2 Å². The van der Waals surface area contributed by atoms with E-state index in [1.807, 2.05) is 85.4 Å². The summed E-state index contributed by atoms with van der Waals surface area (Å²) in [6.45, 7) is 4.11. The highest BCUT2D eigenvalue weighted by Gasteiger charge is 2.45. The maximum absolute atomic E-state index is 13.7. The number of carbonyl (C=O) groups is 1. The summed E-state index contributed by atoms with van der Waals surface area (Å²) in [6, 6.07) is 25.6. The highest BCUT2D eigenvalue weighted by molar-refractivity contribution is 6.42. The van der Waals surface area contributed by atoms with Crippen LogP contribution in [0.3, 0.4) is 0 Å². The van der Waals surface area contributed by atoms with Gasteiger partial charge in [-0.05, 0) is 37.6 Å². The predicted molar refractivity (Wildman–Crippen MR) is 143 cm³/mol. The molecule has 1 aliphatic carbocycles. The number of aryl methyl sites for hydroxylation is 1. The molecule has 0 unspecified atom stereocenters. The third-order valence-corrected chi connectivity index (χ3v) is 7.79. The van der Waals surface area contributed by atoms with E-state index in [0.717, 1.165) is 39.1 Å². The highest BCUT2D eigenvalue weighted by Crippen LogP contribution is 2.46. The Labute approximate surface area is 215 Å². The molecule has 1 aliphatic heterocycles. The number of aromatic nitrogens is 1. The number of nitriles is 1. The number of hydrogen-bond acceptors (Lipinski definition) is 3. The lowest BCUT2D eigenvalue weighted by Crippen LogP contribution is -2.33. The number of Topliss-reactive ketones (excluding diaryl/α,β-unsaturated/α-hetero) is 1. The molecule has 1 aromatic heterocycles. The maximum atomic E-state index is 13.7. The molecule has 5 nitrogen and oxygen atoms in total. The molecule has 0 spiro atoms. The molecule has 0 saturated heterocycles. The van der Waals surface area contributed by atoms with Gasteiger partial charge in [0.1, 0.15) is 7.05 Å². The average molecular weight is 484 g/mol. The molecule has 0 atom stereocenters. The van der Waals surface area contributed by atoms with Crippen LogP contribution in [0.2, 0.25) is 0 Å². The number of para-hydroxylation sites is 1. The van der Waals surface area contributed by atoms with Crippen LogP contribution in [0.25, 0.3) is 27.7 Å². The van der Waals surface area contributed by atoms with Gasteiger partial charge in [-0.25, -0.2) is 0 Å². The lowest BCUT2D eigenvalue weighted by Gasteiger charge is -2.31. The Morgan fingerprint density at radius 1 is 1.03 bits per heavy atom. The maximum Gasteiger partial charge on any atom is 0.209 e. The summed E-state index contributed by atoms with van der Waals surface area (Å²) in [4.78, 5) is 13.7. The molecule has 0 radical (unpaired) electrons. The molecule has 6 rings (SSSR count). The minimum atomic E-state index is -0.463. The molecule has 2 heterocycles. The third kappa shape index (κ3) is 3.09. The molecular formula is C32H25N3O2. The van der Waals surface area contributed by atoms with Crippen LogP contribution in [0, 0.1) is 11.3 Å². The molecule has 0 amide bonds. The van der Waals surface area contributed by atoms with Crippen LogP contribution in [0.1, 0.15) is 30.5 Å². The van der Waals surface area contributed by atoms with Gasteiger partial charge in [0, 0.05) is 52.4 Å². The normalized spacial score (nSPS) is 17.4. The second kappa shape index (κ2) is 7.91. The SMILES string of the molecule is Cn1c(-c2ccccc2)c(C2=C([O-])C(=CC3=[N+](C)c4ccc(C#N)cc4C3(C)C)C2=O)c2ccccc21. The summed E-state index contributed by atoms with van der Waals surface area (Å²) in [5.74, 6) is -0.465. The topological polar surface area (TPSA) is 71.9 Å². The van der Waals surface area contributed by atoms with Crippen molar-refractivity contribution in [3.8, 4) is 17.3 Å². The van der Waals surface area contributed by atoms with Crippen molar-refractivity contribution in [3.05, 3.63) is 107 Å². The van der Waals surface area contributed by atoms with Crippen LogP contribution >= 0.6 is 0 Å². The molecule has 0 bridgehead atoms. The quantitative estimate of drug-likeness (QED) is 0.304. The fourth-order valence-electron chi connectivity index (χ4n) is 5.85. The van der Waals surface area contributed by atoms with Gasteiger partial charge in [0.15, 0.2) is 11.5 Å². The van der Waals surface area contributed by atoms with E-state index in [1.165, 1.54) is 0 Å². The summed E-state index contributed by atoms with van der Waals surface area (Å²) < 4.78 is 4.07. The summed E-state index contributed by atoms with van der Waals surface area (Å²) in [5.41, 5.74) is 6.88. The number of benzene rings is 3. The van der Waals surface area contributed by atoms with Gasteiger partial charge in [0.2, 0.25) is 5.69 Å². The number of fused-ring (bicyclic) bond motifs is 2. The molecule has 0 fully saturated rings. The number of ketones is 1. The zero-order valence-corrected chi connectivity index (χ0v) is 21.2. The summed E-state index contributed by atoms with van der Waals surface area (Å²) in [6.07, 6.45) is 1.74. The second-order valence-electron chi connectivity index (χ2n) is 10.2. The fourth-order valence-corrected chi connectivity index (χ4v) is 5.85. The largest absolute Gasteiger partial charge is 0.871 e. The zero-order valence-electron chi connectivity index (χ0n) is 21.2. The van der Waals surface area contributed by atoms with E-state index in [4.69, 9.17) is 0 Å². The molecule has 2 aliphatic rings. The van der Waals surface area contributed by atoms with E-state index in [9.17, 15) is 15.2 Å². The Morgan fingerprint density at radius 3 is 2.43 bits per heavy atom. The van der Waals surface area contributed by atoms with E-state index >= 15 is 0 Å². The molecule has 180 valence electrons. The minimum Gasteiger partial charge on any atom is -0.871 e. The first kappa shape index (κ1) is 22.8.